The minimum absolute atomic E-state index is 0.166. The van der Waals surface area contributed by atoms with Gasteiger partial charge in [0.25, 0.3) is 0 Å². The Morgan fingerprint density at radius 3 is 2.57 bits per heavy atom. The molecule has 0 saturated heterocycles. The van der Waals surface area contributed by atoms with Gasteiger partial charge in [-0.15, -0.1) is 0 Å². The number of fused-ring (bicyclic) bond motifs is 3. The lowest BCUT2D eigenvalue weighted by Crippen LogP contribution is -2.38. The van der Waals surface area contributed by atoms with E-state index in [1.807, 2.05) is 36.4 Å². The number of alkyl halides is 3. The summed E-state index contributed by atoms with van der Waals surface area (Å²) in [7, 11) is -5.84. The van der Waals surface area contributed by atoms with Crippen LogP contribution in [0.4, 0.5) is 13.2 Å². The summed E-state index contributed by atoms with van der Waals surface area (Å²) >= 11 is 1.12. The average Bonchev–Trinajstić information content (AvgIpc) is 2.87. The lowest BCUT2D eigenvalue weighted by molar-refractivity contribution is -0.0502. The Hall–Kier alpha value is -2.79. The number of benzene rings is 2. The maximum Gasteiger partial charge on any atom is 0.534 e. The van der Waals surface area contributed by atoms with Crippen LogP contribution in [0.1, 0.15) is 47.2 Å². The van der Waals surface area contributed by atoms with Crippen molar-refractivity contribution in [3.8, 4) is 11.6 Å². The van der Waals surface area contributed by atoms with Crippen LogP contribution in [0.25, 0.3) is 0 Å². The van der Waals surface area contributed by atoms with Crippen LogP contribution in [0.15, 0.2) is 53.7 Å². The zero-order valence-corrected chi connectivity index (χ0v) is 21.7. The molecule has 5 rings (SSSR count). The second kappa shape index (κ2) is 9.83. The normalized spacial score (nSPS) is 19.2. The Kier molecular flexibility index (Phi) is 6.86. The zero-order valence-electron chi connectivity index (χ0n) is 20.0. The maximum absolute atomic E-state index is 13.0. The predicted octanol–water partition coefficient (Wildman–Crippen LogP) is 5.77. The first kappa shape index (κ1) is 25.8. The molecule has 2 aliphatic rings. The number of thioether (sulfide) groups is 1. The van der Waals surface area contributed by atoms with E-state index < -0.39 is 21.5 Å². The fraction of sp³-hybridized carbons (Fsp3) is 0.385. The second-order valence-corrected chi connectivity index (χ2v) is 11.6. The number of hydrogen-bond acceptors (Lipinski definition) is 7. The van der Waals surface area contributed by atoms with Gasteiger partial charge in [-0.2, -0.15) is 26.6 Å². The fourth-order valence-electron chi connectivity index (χ4n) is 5.26. The van der Waals surface area contributed by atoms with Gasteiger partial charge in [-0.3, -0.25) is 0 Å². The molecule has 0 saturated carbocycles. The molecule has 0 N–H and O–H groups in total. The average molecular weight is 551 g/mol. The largest absolute Gasteiger partial charge is 0.534 e. The monoisotopic (exact) mass is 550 g/mol. The molecular formula is C26H25F3N2O4S2. The third-order valence-corrected chi connectivity index (χ3v) is 8.54. The first-order valence-corrected chi connectivity index (χ1v) is 14.5. The Balaban J connectivity index is 1.48. The van der Waals surface area contributed by atoms with Crippen LogP contribution in [0.2, 0.25) is 0 Å². The Morgan fingerprint density at radius 2 is 1.84 bits per heavy atom. The van der Waals surface area contributed by atoms with Gasteiger partial charge >= 0.3 is 15.6 Å². The number of aryl methyl sites for hydroxylation is 1. The van der Waals surface area contributed by atoms with Crippen LogP contribution in [0.5, 0.6) is 11.6 Å². The van der Waals surface area contributed by atoms with E-state index in [9.17, 15) is 21.6 Å². The third kappa shape index (κ3) is 5.16. The molecule has 6 nitrogen and oxygen atoms in total. The molecule has 0 radical (unpaired) electrons. The highest BCUT2D eigenvalue weighted by molar-refractivity contribution is 7.98. The Labute approximate surface area is 217 Å². The predicted molar refractivity (Wildman–Crippen MR) is 133 cm³/mol. The molecule has 1 spiro atoms. The molecule has 0 amide bonds. The van der Waals surface area contributed by atoms with Crippen molar-refractivity contribution >= 4 is 21.9 Å². The minimum atomic E-state index is -5.84. The molecular weight excluding hydrogens is 525 g/mol. The quantitative estimate of drug-likeness (QED) is 0.167. The van der Waals surface area contributed by atoms with Gasteiger partial charge in [0, 0.05) is 11.0 Å². The summed E-state index contributed by atoms with van der Waals surface area (Å²) in [5, 5.41) is 0.166. The van der Waals surface area contributed by atoms with Gasteiger partial charge in [-0.05, 0) is 73.6 Å². The molecule has 0 aliphatic heterocycles. The lowest BCUT2D eigenvalue weighted by atomic mass is 9.62. The number of hydrogen-bond donors (Lipinski definition) is 0. The maximum atomic E-state index is 13.0. The highest BCUT2D eigenvalue weighted by Crippen LogP contribution is 2.48. The first-order valence-electron chi connectivity index (χ1n) is 11.8. The summed E-state index contributed by atoms with van der Waals surface area (Å²) in [4.78, 5) is 8.55. The molecule has 2 aromatic carbocycles. The summed E-state index contributed by atoms with van der Waals surface area (Å²) in [6.45, 7) is 0.439. The van der Waals surface area contributed by atoms with Crippen LogP contribution in [-0.4, -0.2) is 30.1 Å². The molecule has 0 fully saturated rings. The molecule has 0 bridgehead atoms. The van der Waals surface area contributed by atoms with Crippen molar-refractivity contribution in [3.05, 3.63) is 76.5 Å². The van der Waals surface area contributed by atoms with E-state index in [4.69, 9.17) is 4.74 Å². The van der Waals surface area contributed by atoms with Crippen LogP contribution in [0.3, 0.4) is 0 Å². The summed E-state index contributed by atoms with van der Waals surface area (Å²) in [6.07, 6.45) is 5.84. The van der Waals surface area contributed by atoms with Gasteiger partial charge in [-0.1, -0.05) is 48.2 Å². The molecule has 1 aromatic heterocycles. The van der Waals surface area contributed by atoms with Crippen molar-refractivity contribution in [2.75, 3.05) is 6.26 Å². The Bertz CT molecular complexity index is 1420. The van der Waals surface area contributed by atoms with Crippen molar-refractivity contribution in [2.24, 2.45) is 0 Å². The SMILES string of the molecule is CSc1nc2c(c(OS(=O)(=O)C(F)(F)F)n1)CCC1(CCCc3ccc(OCc4ccccc4)cc31)C2. The molecule has 2 aliphatic carbocycles. The van der Waals surface area contributed by atoms with E-state index >= 15 is 0 Å². The van der Waals surface area contributed by atoms with Crippen molar-refractivity contribution in [3.63, 3.8) is 0 Å². The minimum Gasteiger partial charge on any atom is -0.489 e. The van der Waals surface area contributed by atoms with Crippen LogP contribution in [-0.2, 0) is 41.4 Å². The van der Waals surface area contributed by atoms with Gasteiger partial charge in [0.2, 0.25) is 5.88 Å². The van der Waals surface area contributed by atoms with Gasteiger partial charge in [0.05, 0.1) is 5.69 Å². The van der Waals surface area contributed by atoms with Gasteiger partial charge in [-0.25, -0.2) is 4.98 Å². The standard InChI is InChI=1S/C26H25F3N2O4S2/c1-36-24-30-22-15-25(13-11-20(22)23(31-24)35-37(32,33)26(27,28)29)12-5-8-18-9-10-19(14-21(18)25)34-16-17-6-3-2-4-7-17/h2-4,6-7,9-10,14H,5,8,11-13,15-16H2,1H3. The van der Waals surface area contributed by atoms with Crippen LogP contribution < -0.4 is 8.92 Å². The number of nitrogens with zero attached hydrogens (tertiary/aromatic N) is 2. The van der Waals surface area contributed by atoms with Crippen LogP contribution in [0, 0.1) is 0 Å². The van der Waals surface area contributed by atoms with Gasteiger partial charge < -0.3 is 8.92 Å². The van der Waals surface area contributed by atoms with Gasteiger partial charge in [0.15, 0.2) is 5.16 Å². The van der Waals surface area contributed by atoms with E-state index in [1.165, 1.54) is 5.56 Å². The summed E-state index contributed by atoms with van der Waals surface area (Å²) in [6, 6.07) is 16.0. The molecule has 3 aromatic rings. The van der Waals surface area contributed by atoms with E-state index in [0.29, 0.717) is 37.1 Å². The number of rotatable bonds is 6. The lowest BCUT2D eigenvalue weighted by Gasteiger charge is -2.42. The molecule has 37 heavy (non-hydrogen) atoms. The summed E-state index contributed by atoms with van der Waals surface area (Å²) < 4.78 is 73.1. The van der Waals surface area contributed by atoms with Crippen LogP contribution >= 0.6 is 11.8 Å². The number of aromatic nitrogens is 2. The van der Waals surface area contributed by atoms with E-state index in [0.717, 1.165) is 47.9 Å². The molecule has 1 unspecified atom stereocenters. The molecule has 1 atom stereocenters. The van der Waals surface area contributed by atoms with Gasteiger partial charge in [0.1, 0.15) is 12.4 Å². The van der Waals surface area contributed by atoms with Crippen molar-refractivity contribution < 1.29 is 30.5 Å². The summed E-state index contributed by atoms with van der Waals surface area (Å²) in [5.74, 6) is 0.222. The van der Waals surface area contributed by atoms with Crippen molar-refractivity contribution in [2.45, 2.75) is 61.2 Å². The summed E-state index contributed by atoms with van der Waals surface area (Å²) in [5.41, 5.74) is -1.54. The first-order chi connectivity index (χ1) is 17.6. The molecule has 11 heteroatoms. The zero-order chi connectivity index (χ0) is 26.3. The topological polar surface area (TPSA) is 78.4 Å². The van der Waals surface area contributed by atoms with E-state index in [2.05, 4.69) is 26.3 Å². The smallest absolute Gasteiger partial charge is 0.489 e. The van der Waals surface area contributed by atoms with Crippen molar-refractivity contribution in [1.29, 1.82) is 0 Å². The van der Waals surface area contributed by atoms with Crippen molar-refractivity contribution in [1.82, 2.24) is 9.97 Å². The highest BCUT2D eigenvalue weighted by atomic mass is 32.2. The third-order valence-electron chi connectivity index (χ3n) is 7.05. The number of halogens is 3. The second-order valence-electron chi connectivity index (χ2n) is 9.33. The highest BCUT2D eigenvalue weighted by Gasteiger charge is 2.50. The molecule has 196 valence electrons. The Morgan fingerprint density at radius 1 is 1.05 bits per heavy atom. The fourth-order valence-corrected chi connectivity index (χ4v) is 6.08. The van der Waals surface area contributed by atoms with E-state index in [1.54, 1.807) is 6.26 Å². The number of ether oxygens (including phenoxy) is 1. The molecule has 1 heterocycles. The van der Waals surface area contributed by atoms with E-state index in [-0.39, 0.29) is 10.6 Å².